The standard InChI is InChI=1S/C22H32N4O4/c1-16(2)6-7-22(3)20(27)26(21(28)23-22)14-25-10-8-24(9-11-25)13-17-4-5-18-19(12-17)30-15-29-18/h4-5,12,16H,6-11,13-15H2,1-3H3,(H,23,28)/p+2/t22-/m1/s1. The fourth-order valence-electron chi connectivity index (χ4n) is 4.49. The van der Waals surface area contributed by atoms with Gasteiger partial charge in [-0.15, -0.1) is 0 Å². The highest BCUT2D eigenvalue weighted by Gasteiger charge is 2.48. The summed E-state index contributed by atoms with van der Waals surface area (Å²) in [5, 5.41) is 2.93. The van der Waals surface area contributed by atoms with Crippen molar-refractivity contribution in [2.75, 3.05) is 39.6 Å². The van der Waals surface area contributed by atoms with Crippen molar-refractivity contribution >= 4 is 11.9 Å². The van der Waals surface area contributed by atoms with Crippen molar-refractivity contribution in [3.8, 4) is 11.5 Å². The number of amides is 3. The SMILES string of the molecule is CC(C)CC[C@@]1(C)NC(=O)N(C[NH+]2CC[NH+](Cc3ccc4c(c3)OCO4)CC2)C1=O. The van der Waals surface area contributed by atoms with E-state index in [9.17, 15) is 9.59 Å². The van der Waals surface area contributed by atoms with Gasteiger partial charge >= 0.3 is 6.03 Å². The molecule has 4 rings (SSSR count). The fourth-order valence-corrected chi connectivity index (χ4v) is 4.49. The van der Waals surface area contributed by atoms with Crippen LogP contribution in [0.4, 0.5) is 4.79 Å². The zero-order chi connectivity index (χ0) is 21.3. The Bertz CT molecular complexity index is 806. The summed E-state index contributed by atoms with van der Waals surface area (Å²) in [6.45, 7) is 11.7. The average Bonchev–Trinajstić information content (AvgIpc) is 3.26. The molecule has 3 heterocycles. The first-order valence-corrected chi connectivity index (χ1v) is 11.0. The summed E-state index contributed by atoms with van der Waals surface area (Å²) in [5.74, 6) is 2.08. The summed E-state index contributed by atoms with van der Waals surface area (Å²) in [6.07, 6.45) is 1.61. The summed E-state index contributed by atoms with van der Waals surface area (Å²) >= 11 is 0. The Balaban J connectivity index is 1.27. The molecule has 1 aromatic carbocycles. The van der Waals surface area contributed by atoms with Gasteiger partial charge in [-0.25, -0.2) is 9.69 Å². The third kappa shape index (κ3) is 4.39. The molecule has 30 heavy (non-hydrogen) atoms. The lowest BCUT2D eigenvalue weighted by molar-refractivity contribution is -1.02. The highest BCUT2D eigenvalue weighted by molar-refractivity contribution is 6.06. The van der Waals surface area contributed by atoms with Crippen LogP contribution in [0, 0.1) is 5.92 Å². The van der Waals surface area contributed by atoms with E-state index in [1.165, 1.54) is 20.3 Å². The van der Waals surface area contributed by atoms with E-state index >= 15 is 0 Å². The molecule has 0 saturated carbocycles. The number of imide groups is 1. The molecular formula is C22H34N4O4+2. The van der Waals surface area contributed by atoms with Gasteiger partial charge in [-0.05, 0) is 43.9 Å². The fraction of sp³-hybridized carbons (Fsp3) is 0.636. The molecule has 1 aromatic rings. The number of urea groups is 1. The third-order valence-electron chi connectivity index (χ3n) is 6.50. The predicted molar refractivity (Wildman–Crippen MR) is 110 cm³/mol. The second-order valence-corrected chi connectivity index (χ2v) is 9.45. The molecule has 0 spiro atoms. The first-order valence-electron chi connectivity index (χ1n) is 11.0. The Morgan fingerprint density at radius 3 is 2.53 bits per heavy atom. The lowest BCUT2D eigenvalue weighted by Gasteiger charge is -2.31. The molecule has 3 amide bonds. The highest BCUT2D eigenvalue weighted by atomic mass is 16.7. The van der Waals surface area contributed by atoms with Gasteiger partial charge in [0, 0.05) is 5.56 Å². The number of hydrogen-bond donors (Lipinski definition) is 3. The van der Waals surface area contributed by atoms with Crippen LogP contribution in [0.5, 0.6) is 11.5 Å². The molecule has 3 aliphatic rings. The largest absolute Gasteiger partial charge is 0.454 e. The van der Waals surface area contributed by atoms with Crippen molar-refractivity contribution in [1.29, 1.82) is 0 Å². The van der Waals surface area contributed by atoms with Gasteiger partial charge in [0.05, 0.1) is 0 Å². The van der Waals surface area contributed by atoms with E-state index in [0.717, 1.165) is 50.6 Å². The number of hydrogen-bond acceptors (Lipinski definition) is 4. The summed E-state index contributed by atoms with van der Waals surface area (Å²) < 4.78 is 10.9. The molecule has 8 heteroatoms. The molecule has 8 nitrogen and oxygen atoms in total. The molecule has 2 fully saturated rings. The smallest absolute Gasteiger partial charge is 0.329 e. The van der Waals surface area contributed by atoms with Gasteiger partial charge in [0.15, 0.2) is 18.2 Å². The summed E-state index contributed by atoms with van der Waals surface area (Å²) in [7, 11) is 0. The molecule has 164 valence electrons. The maximum Gasteiger partial charge on any atom is 0.329 e. The number of carbonyl (C=O) groups is 2. The van der Waals surface area contributed by atoms with E-state index < -0.39 is 5.54 Å². The topological polar surface area (TPSA) is 76.8 Å². The van der Waals surface area contributed by atoms with Crippen LogP contribution < -0.4 is 24.6 Å². The maximum atomic E-state index is 12.9. The van der Waals surface area contributed by atoms with Crippen LogP contribution >= 0.6 is 0 Å². The van der Waals surface area contributed by atoms with Crippen molar-refractivity contribution < 1.29 is 28.9 Å². The van der Waals surface area contributed by atoms with Crippen LogP contribution in [0.15, 0.2) is 18.2 Å². The number of ether oxygens (including phenoxy) is 2. The Labute approximate surface area is 178 Å². The predicted octanol–water partition coefficient (Wildman–Crippen LogP) is -0.597. The molecule has 0 radical (unpaired) electrons. The van der Waals surface area contributed by atoms with Crippen molar-refractivity contribution in [3.63, 3.8) is 0 Å². The monoisotopic (exact) mass is 418 g/mol. The number of nitrogens with zero attached hydrogens (tertiary/aromatic N) is 1. The van der Waals surface area contributed by atoms with Gasteiger partial charge in [0.2, 0.25) is 6.79 Å². The Hall–Kier alpha value is -2.32. The minimum atomic E-state index is -0.757. The minimum Gasteiger partial charge on any atom is -0.454 e. The Morgan fingerprint density at radius 2 is 1.80 bits per heavy atom. The van der Waals surface area contributed by atoms with E-state index in [2.05, 4.69) is 31.3 Å². The van der Waals surface area contributed by atoms with Crippen LogP contribution in [-0.2, 0) is 11.3 Å². The lowest BCUT2D eigenvalue weighted by atomic mass is 9.92. The average molecular weight is 419 g/mol. The number of fused-ring (bicyclic) bond motifs is 1. The molecule has 0 bridgehead atoms. The van der Waals surface area contributed by atoms with Gasteiger partial charge in [-0.1, -0.05) is 13.8 Å². The zero-order valence-corrected chi connectivity index (χ0v) is 18.3. The number of carbonyl (C=O) groups excluding carboxylic acids is 2. The maximum absolute atomic E-state index is 12.9. The summed E-state index contributed by atoms with van der Waals surface area (Å²) in [6, 6.07) is 5.91. The summed E-state index contributed by atoms with van der Waals surface area (Å²) in [5.41, 5.74) is 0.487. The van der Waals surface area contributed by atoms with E-state index in [4.69, 9.17) is 9.47 Å². The minimum absolute atomic E-state index is 0.0733. The molecular weight excluding hydrogens is 384 g/mol. The van der Waals surface area contributed by atoms with E-state index in [0.29, 0.717) is 25.8 Å². The molecule has 1 atom stereocenters. The van der Waals surface area contributed by atoms with Crippen molar-refractivity contribution in [1.82, 2.24) is 10.2 Å². The molecule has 0 unspecified atom stereocenters. The van der Waals surface area contributed by atoms with Gasteiger partial charge < -0.3 is 24.6 Å². The normalized spacial score (nSPS) is 28.3. The van der Waals surface area contributed by atoms with Crippen molar-refractivity contribution in [3.05, 3.63) is 23.8 Å². The zero-order valence-electron chi connectivity index (χ0n) is 18.3. The third-order valence-corrected chi connectivity index (χ3v) is 6.50. The number of quaternary nitrogens is 2. The second kappa shape index (κ2) is 8.43. The number of piperazine rings is 1. The molecule has 3 aliphatic heterocycles. The molecule has 0 aliphatic carbocycles. The molecule has 2 saturated heterocycles. The Kier molecular flexibility index (Phi) is 5.88. The second-order valence-electron chi connectivity index (χ2n) is 9.45. The quantitative estimate of drug-likeness (QED) is 0.517. The van der Waals surface area contributed by atoms with Gasteiger partial charge in [0.1, 0.15) is 38.3 Å². The van der Waals surface area contributed by atoms with Crippen LogP contribution in [0.2, 0.25) is 0 Å². The molecule has 3 N–H and O–H groups in total. The van der Waals surface area contributed by atoms with E-state index in [1.54, 1.807) is 0 Å². The van der Waals surface area contributed by atoms with Crippen LogP contribution in [0.1, 0.15) is 39.2 Å². The van der Waals surface area contributed by atoms with Crippen LogP contribution in [0.25, 0.3) is 0 Å². The van der Waals surface area contributed by atoms with E-state index in [-0.39, 0.29) is 11.9 Å². The first-order chi connectivity index (χ1) is 14.3. The Morgan fingerprint density at radius 1 is 1.10 bits per heavy atom. The van der Waals surface area contributed by atoms with Crippen molar-refractivity contribution in [2.45, 2.75) is 45.7 Å². The lowest BCUT2D eigenvalue weighted by Crippen LogP contribution is -3.28. The number of rotatable bonds is 7. The number of nitrogens with one attached hydrogen (secondary N) is 3. The number of benzene rings is 1. The molecule has 0 aromatic heterocycles. The van der Waals surface area contributed by atoms with Gasteiger partial charge in [-0.3, -0.25) is 4.79 Å². The van der Waals surface area contributed by atoms with Crippen LogP contribution in [0.3, 0.4) is 0 Å². The highest BCUT2D eigenvalue weighted by Crippen LogP contribution is 2.32. The summed E-state index contributed by atoms with van der Waals surface area (Å²) in [4.78, 5) is 29.6. The van der Waals surface area contributed by atoms with Gasteiger partial charge in [0.25, 0.3) is 5.91 Å². The van der Waals surface area contributed by atoms with E-state index in [1.807, 2.05) is 13.0 Å². The first kappa shape index (κ1) is 20.9. The van der Waals surface area contributed by atoms with Crippen LogP contribution in [-0.4, -0.2) is 62.0 Å². The van der Waals surface area contributed by atoms with Crippen molar-refractivity contribution in [2.24, 2.45) is 5.92 Å². The van der Waals surface area contributed by atoms with Gasteiger partial charge in [-0.2, -0.15) is 0 Å².